The number of esters is 1. The summed E-state index contributed by atoms with van der Waals surface area (Å²) in [6.07, 6.45) is 1.56. The van der Waals surface area contributed by atoms with Crippen molar-refractivity contribution in [2.75, 3.05) is 20.3 Å². The normalized spacial score (nSPS) is 15.4. The van der Waals surface area contributed by atoms with Crippen molar-refractivity contribution in [1.82, 2.24) is 0 Å². The number of thioether (sulfide) groups is 1. The van der Waals surface area contributed by atoms with E-state index < -0.39 is 24.5 Å². The summed E-state index contributed by atoms with van der Waals surface area (Å²) in [7, 11) is 1.40. The van der Waals surface area contributed by atoms with Gasteiger partial charge in [-0.1, -0.05) is 45.9 Å². The minimum atomic E-state index is -1.14. The van der Waals surface area contributed by atoms with Crippen LogP contribution in [0.2, 0.25) is 0 Å². The van der Waals surface area contributed by atoms with Crippen LogP contribution in [-0.2, 0) is 14.3 Å². The number of aliphatic hydroxyl groups is 1. The molecule has 1 amide bonds. The Morgan fingerprint density at radius 2 is 1.86 bits per heavy atom. The molecule has 0 spiro atoms. The summed E-state index contributed by atoms with van der Waals surface area (Å²) in [4.78, 5) is 40.3. The van der Waals surface area contributed by atoms with Crippen LogP contribution in [0.25, 0.3) is 6.08 Å². The van der Waals surface area contributed by atoms with Crippen molar-refractivity contribution < 1.29 is 38.8 Å². The number of nitrogens with zero attached hydrogens (tertiary/aromatic N) is 1. The van der Waals surface area contributed by atoms with E-state index in [0.29, 0.717) is 15.6 Å². The Balaban J connectivity index is 2.02. The van der Waals surface area contributed by atoms with Crippen LogP contribution < -0.4 is 9.47 Å². The van der Waals surface area contributed by atoms with Gasteiger partial charge in [-0.15, -0.1) is 0 Å². The van der Waals surface area contributed by atoms with Crippen LogP contribution in [0.4, 0.5) is 0 Å². The predicted molar refractivity (Wildman–Crippen MR) is 134 cm³/mol. The number of methoxy groups -OCH3 is 1. The molecule has 0 aliphatic carbocycles. The minimum Gasteiger partial charge on any atom is -0.506 e. The second-order valence-corrected chi connectivity index (χ2v) is 8.73. The molecule has 1 heterocycles. The summed E-state index contributed by atoms with van der Waals surface area (Å²) in [5, 5.41) is 19.7. The fourth-order valence-electron chi connectivity index (χ4n) is 2.94. The van der Waals surface area contributed by atoms with Crippen LogP contribution in [0.1, 0.15) is 22.8 Å². The maximum Gasteiger partial charge on any atom is 0.344 e. The number of carboxylic acid groups (broad SMARTS) is 1. The van der Waals surface area contributed by atoms with Crippen molar-refractivity contribution in [2.45, 2.75) is 6.92 Å². The highest BCUT2D eigenvalue weighted by molar-refractivity contribution is 9.10. The van der Waals surface area contributed by atoms with E-state index in [1.807, 2.05) is 0 Å². The van der Waals surface area contributed by atoms with Gasteiger partial charge in [0.05, 0.1) is 18.6 Å². The molecule has 0 aromatic heterocycles. The standard InChI is InChI=1S/C24H20BrNO8S/c1-3-33-24(31)20-21(29)18(35-23(20)26-22(30)13-7-5-4-6-8-13)10-14-9-16(32-2)17(11-15(14)25)34-12-19(27)28/h4-11,29H,3,12H2,1-2H3,(H,27,28)/b18-10-,26-23?. The third-order valence-electron chi connectivity index (χ3n) is 4.51. The molecule has 1 aliphatic heterocycles. The number of hydrogen-bond donors (Lipinski definition) is 2. The van der Waals surface area contributed by atoms with Gasteiger partial charge in [-0.3, -0.25) is 4.79 Å². The molecule has 0 bridgehead atoms. The molecule has 0 fully saturated rings. The molecule has 0 saturated carbocycles. The van der Waals surface area contributed by atoms with Crippen LogP contribution in [-0.4, -0.2) is 53.4 Å². The number of ether oxygens (including phenoxy) is 3. The van der Waals surface area contributed by atoms with E-state index in [9.17, 15) is 19.5 Å². The number of aliphatic imine (C=N–C) groups is 1. The minimum absolute atomic E-state index is 0.00514. The molecule has 2 N–H and O–H groups in total. The van der Waals surface area contributed by atoms with Crippen molar-refractivity contribution in [2.24, 2.45) is 4.99 Å². The molecular weight excluding hydrogens is 542 g/mol. The molecule has 2 aromatic rings. The van der Waals surface area contributed by atoms with Crippen LogP contribution in [0.3, 0.4) is 0 Å². The van der Waals surface area contributed by atoms with Gasteiger partial charge in [0.1, 0.15) is 16.4 Å². The SMILES string of the molecule is CCOC(=O)C1=C(O)/C(=C/c2cc(OC)c(OCC(=O)O)cc2Br)SC1=NC(=O)c1ccccc1. The lowest BCUT2D eigenvalue weighted by Gasteiger charge is -2.12. The van der Waals surface area contributed by atoms with Gasteiger partial charge in [0, 0.05) is 10.0 Å². The van der Waals surface area contributed by atoms with E-state index >= 15 is 0 Å². The number of hydrogen-bond acceptors (Lipinski definition) is 8. The molecule has 2 aromatic carbocycles. The third-order valence-corrected chi connectivity index (χ3v) is 6.22. The first kappa shape index (κ1) is 26.0. The highest BCUT2D eigenvalue weighted by Crippen LogP contribution is 2.41. The van der Waals surface area contributed by atoms with Gasteiger partial charge in [0.15, 0.2) is 18.1 Å². The maximum atomic E-state index is 12.6. The summed E-state index contributed by atoms with van der Waals surface area (Å²) >= 11 is 4.32. The summed E-state index contributed by atoms with van der Waals surface area (Å²) in [6, 6.07) is 11.4. The molecule has 0 atom stereocenters. The van der Waals surface area contributed by atoms with Gasteiger partial charge in [-0.05, 0) is 42.8 Å². The number of amides is 1. The second kappa shape index (κ2) is 11.7. The van der Waals surface area contributed by atoms with Gasteiger partial charge < -0.3 is 24.4 Å². The smallest absolute Gasteiger partial charge is 0.344 e. The lowest BCUT2D eigenvalue weighted by molar-refractivity contribution is -0.139. The van der Waals surface area contributed by atoms with Crippen LogP contribution >= 0.6 is 27.7 Å². The maximum absolute atomic E-state index is 12.6. The Bertz CT molecular complexity index is 1250. The second-order valence-electron chi connectivity index (χ2n) is 6.85. The topological polar surface area (TPSA) is 132 Å². The molecule has 3 rings (SSSR count). The van der Waals surface area contributed by atoms with Gasteiger partial charge in [0.2, 0.25) is 0 Å². The molecule has 182 valence electrons. The fraction of sp³-hybridized carbons (Fsp3) is 0.167. The largest absolute Gasteiger partial charge is 0.506 e. The number of carbonyl (C=O) groups is 3. The Labute approximate surface area is 213 Å². The van der Waals surface area contributed by atoms with E-state index in [2.05, 4.69) is 20.9 Å². The molecular formula is C24H20BrNO8S. The van der Waals surface area contributed by atoms with Gasteiger partial charge in [0.25, 0.3) is 5.91 Å². The van der Waals surface area contributed by atoms with Crippen molar-refractivity contribution in [3.63, 3.8) is 0 Å². The molecule has 0 radical (unpaired) electrons. The zero-order chi connectivity index (χ0) is 25.5. The summed E-state index contributed by atoms with van der Waals surface area (Å²) in [5.41, 5.74) is 0.638. The van der Waals surface area contributed by atoms with E-state index in [1.54, 1.807) is 49.4 Å². The Morgan fingerprint density at radius 3 is 2.49 bits per heavy atom. The van der Waals surface area contributed by atoms with Gasteiger partial charge >= 0.3 is 11.9 Å². The number of benzene rings is 2. The Kier molecular flexibility index (Phi) is 8.72. The van der Waals surface area contributed by atoms with Crippen LogP contribution in [0.5, 0.6) is 11.5 Å². The van der Waals surface area contributed by atoms with Gasteiger partial charge in [-0.2, -0.15) is 0 Å². The van der Waals surface area contributed by atoms with Gasteiger partial charge in [-0.25, -0.2) is 14.6 Å². The molecule has 11 heteroatoms. The van der Waals surface area contributed by atoms with Crippen molar-refractivity contribution in [3.8, 4) is 11.5 Å². The van der Waals surface area contributed by atoms with E-state index in [0.717, 1.165) is 11.8 Å². The fourth-order valence-corrected chi connectivity index (χ4v) is 4.38. The first-order chi connectivity index (χ1) is 16.7. The summed E-state index contributed by atoms with van der Waals surface area (Å²) in [6.45, 7) is 1.14. The highest BCUT2D eigenvalue weighted by Gasteiger charge is 2.34. The molecule has 1 aliphatic rings. The number of carboxylic acids is 1. The zero-order valence-electron chi connectivity index (χ0n) is 18.6. The number of halogens is 1. The first-order valence-electron chi connectivity index (χ1n) is 10.2. The van der Waals surface area contributed by atoms with E-state index in [-0.39, 0.29) is 39.4 Å². The number of aliphatic hydroxyl groups excluding tert-OH is 1. The summed E-state index contributed by atoms with van der Waals surface area (Å²) < 4.78 is 16.1. The molecule has 35 heavy (non-hydrogen) atoms. The van der Waals surface area contributed by atoms with Crippen LogP contribution in [0, 0.1) is 0 Å². The van der Waals surface area contributed by atoms with E-state index in [4.69, 9.17) is 19.3 Å². The van der Waals surface area contributed by atoms with Crippen molar-refractivity contribution in [3.05, 3.63) is 74.3 Å². The molecule has 0 saturated heterocycles. The lowest BCUT2D eigenvalue weighted by Crippen LogP contribution is -2.14. The zero-order valence-corrected chi connectivity index (χ0v) is 21.0. The Hall–Kier alpha value is -3.57. The van der Waals surface area contributed by atoms with Crippen molar-refractivity contribution in [1.29, 1.82) is 0 Å². The first-order valence-corrected chi connectivity index (χ1v) is 11.8. The van der Waals surface area contributed by atoms with Crippen LogP contribution in [0.15, 0.2) is 68.2 Å². The lowest BCUT2D eigenvalue weighted by atomic mass is 10.1. The van der Waals surface area contributed by atoms with E-state index in [1.165, 1.54) is 13.2 Å². The Morgan fingerprint density at radius 1 is 1.14 bits per heavy atom. The predicted octanol–water partition coefficient (Wildman–Crippen LogP) is 4.62. The highest BCUT2D eigenvalue weighted by atomic mass is 79.9. The summed E-state index contributed by atoms with van der Waals surface area (Å²) in [5.74, 6) is -2.46. The average molecular weight is 562 g/mol. The third kappa shape index (κ3) is 6.31. The molecule has 9 nitrogen and oxygen atoms in total. The quantitative estimate of drug-likeness (QED) is 0.443. The van der Waals surface area contributed by atoms with Crippen molar-refractivity contribution >= 4 is 56.7 Å². The monoisotopic (exact) mass is 561 g/mol. The molecule has 0 unspecified atom stereocenters. The number of aliphatic carboxylic acids is 1. The number of rotatable bonds is 8. The number of carbonyl (C=O) groups excluding carboxylic acids is 2. The average Bonchev–Trinajstić information content (AvgIpc) is 3.13.